The van der Waals surface area contributed by atoms with Crippen molar-refractivity contribution in [2.75, 3.05) is 6.61 Å². The summed E-state index contributed by atoms with van der Waals surface area (Å²) in [5.41, 5.74) is 4.97. The number of hydrogen-bond acceptors (Lipinski definition) is 6. The maximum atomic E-state index is 11.4. The summed E-state index contributed by atoms with van der Waals surface area (Å²) in [4.78, 5) is 28.8. The van der Waals surface area contributed by atoms with Gasteiger partial charge in [0, 0.05) is 31.4 Å². The predicted molar refractivity (Wildman–Crippen MR) is 68.0 cm³/mol. The number of carboxylic acid groups (broad SMARTS) is 1. The fourth-order valence-electron chi connectivity index (χ4n) is 1.14. The molecule has 0 saturated carbocycles. The van der Waals surface area contributed by atoms with E-state index in [1.54, 1.807) is 24.8 Å². The second kappa shape index (κ2) is 7.81. The molecule has 9 nitrogen and oxygen atoms in total. The van der Waals surface area contributed by atoms with Crippen molar-refractivity contribution in [1.29, 1.82) is 0 Å². The number of imidazole rings is 2. The zero-order chi connectivity index (χ0) is 15.0. The molecule has 0 aliphatic rings. The third kappa shape index (κ3) is 4.63. The van der Waals surface area contributed by atoms with Gasteiger partial charge >= 0.3 is 12.0 Å². The van der Waals surface area contributed by atoms with Crippen LogP contribution in [-0.4, -0.2) is 54.0 Å². The number of nitrogens with zero attached hydrogens (tertiary/aromatic N) is 4. The topological polar surface area (TPSA) is 136 Å². The fraction of sp³-hybridized carbons (Fsp3) is 0.273. The second-order valence-corrected chi connectivity index (χ2v) is 3.68. The second-order valence-electron chi connectivity index (χ2n) is 3.68. The molecule has 2 rings (SSSR count). The summed E-state index contributed by atoms with van der Waals surface area (Å²) in [6, 6.07) is -1.11. The van der Waals surface area contributed by atoms with Crippen LogP contribution < -0.4 is 5.73 Å². The minimum atomic E-state index is -1.07. The molecule has 0 amide bonds. The predicted octanol–water partition coefficient (Wildman–Crippen LogP) is -0.623. The van der Waals surface area contributed by atoms with Crippen molar-refractivity contribution < 1.29 is 19.8 Å². The van der Waals surface area contributed by atoms with E-state index in [2.05, 4.69) is 9.97 Å². The molecule has 0 aromatic carbocycles. The first-order valence-electron chi connectivity index (χ1n) is 5.66. The number of carbonyl (C=O) groups excluding carboxylic acids is 1. The van der Waals surface area contributed by atoms with Crippen molar-refractivity contribution in [3.05, 3.63) is 37.4 Å². The van der Waals surface area contributed by atoms with Gasteiger partial charge in [-0.2, -0.15) is 0 Å². The Bertz CT molecular complexity index is 487. The Labute approximate surface area is 114 Å². The molecule has 0 bridgehead atoms. The number of hydrogen-bond donors (Lipinski definition) is 3. The normalized spacial score (nSPS) is 11.3. The lowest BCUT2D eigenvalue weighted by molar-refractivity contribution is -0.138. The summed E-state index contributed by atoms with van der Waals surface area (Å²) >= 11 is 0. The van der Waals surface area contributed by atoms with Crippen LogP contribution in [0.1, 0.15) is 6.42 Å². The van der Waals surface area contributed by atoms with Gasteiger partial charge in [-0.3, -0.25) is 13.9 Å². The molecule has 4 N–H and O–H groups in total. The highest BCUT2D eigenvalue weighted by molar-refractivity contribution is 5.78. The van der Waals surface area contributed by atoms with E-state index in [0.717, 1.165) is 0 Å². The number of aromatic nitrogens is 4. The van der Waals surface area contributed by atoms with E-state index in [4.69, 9.17) is 15.9 Å². The molecule has 0 aliphatic carbocycles. The van der Waals surface area contributed by atoms with Crippen LogP contribution in [0.2, 0.25) is 0 Å². The summed E-state index contributed by atoms with van der Waals surface area (Å²) in [6.07, 6.45) is 9.29. The summed E-state index contributed by atoms with van der Waals surface area (Å²) in [7, 11) is 0. The van der Waals surface area contributed by atoms with Gasteiger partial charge in [0.05, 0.1) is 0 Å². The average molecular weight is 281 g/mol. The van der Waals surface area contributed by atoms with E-state index in [0.29, 0.717) is 0 Å². The van der Waals surface area contributed by atoms with Crippen molar-refractivity contribution in [3.8, 4) is 0 Å². The van der Waals surface area contributed by atoms with Crippen LogP contribution in [0.25, 0.3) is 0 Å². The van der Waals surface area contributed by atoms with Gasteiger partial charge in [0.15, 0.2) is 0 Å². The molecule has 20 heavy (non-hydrogen) atoms. The molecule has 1 unspecified atom stereocenters. The zero-order valence-corrected chi connectivity index (χ0v) is 10.5. The van der Waals surface area contributed by atoms with E-state index in [-0.39, 0.29) is 19.1 Å². The van der Waals surface area contributed by atoms with Crippen molar-refractivity contribution in [2.24, 2.45) is 5.73 Å². The van der Waals surface area contributed by atoms with Crippen molar-refractivity contribution in [3.63, 3.8) is 0 Å². The maximum absolute atomic E-state index is 11.4. The maximum Gasteiger partial charge on any atom is 0.338 e. The van der Waals surface area contributed by atoms with Gasteiger partial charge in [0.25, 0.3) is 0 Å². The lowest BCUT2D eigenvalue weighted by Crippen LogP contribution is -2.30. The summed E-state index contributed by atoms with van der Waals surface area (Å²) in [5.74, 6) is -1.07. The number of nitrogens with two attached hydrogens (primary N) is 1. The van der Waals surface area contributed by atoms with Gasteiger partial charge in [-0.25, -0.2) is 14.8 Å². The highest BCUT2D eigenvalue weighted by Gasteiger charge is 2.08. The number of carbonyl (C=O) groups is 2. The summed E-state index contributed by atoms with van der Waals surface area (Å²) < 4.78 is 2.75. The molecular weight excluding hydrogens is 266 g/mol. The molecule has 108 valence electrons. The molecule has 0 saturated heterocycles. The van der Waals surface area contributed by atoms with Crippen LogP contribution in [0.15, 0.2) is 37.4 Å². The Kier molecular flexibility index (Phi) is 6.07. The highest BCUT2D eigenvalue weighted by atomic mass is 16.4. The highest BCUT2D eigenvalue weighted by Crippen LogP contribution is 1.92. The van der Waals surface area contributed by atoms with Gasteiger partial charge < -0.3 is 15.9 Å². The van der Waals surface area contributed by atoms with Gasteiger partial charge in [0.2, 0.25) is 0 Å². The molecule has 0 radical (unpaired) electrons. The standard InChI is InChI=1S/C7H6N4O.C4H9NO3/c12-7(10-3-1-8-5-10)11-4-2-9-6-11;5-3(1-2-6)4(7)8/h1-6H;3,6H,1-2,5H2,(H,7,8). The largest absolute Gasteiger partial charge is 0.480 e. The number of carboxylic acids is 1. The van der Waals surface area contributed by atoms with Gasteiger partial charge in [0.1, 0.15) is 18.7 Å². The summed E-state index contributed by atoms with van der Waals surface area (Å²) in [5, 5.41) is 16.2. The molecular formula is C11H15N5O4. The van der Waals surface area contributed by atoms with E-state index in [9.17, 15) is 9.59 Å². The van der Waals surface area contributed by atoms with E-state index in [1.165, 1.54) is 21.8 Å². The number of aliphatic carboxylic acids is 1. The SMILES string of the molecule is NC(CCO)C(=O)O.O=C(n1ccnc1)n1ccnc1. The van der Waals surface area contributed by atoms with E-state index in [1.807, 2.05) is 0 Å². The minimum absolute atomic E-state index is 0.120. The third-order valence-electron chi connectivity index (χ3n) is 2.21. The molecule has 2 aromatic rings. The Morgan fingerprint density at radius 1 is 1.15 bits per heavy atom. The van der Waals surface area contributed by atoms with E-state index >= 15 is 0 Å². The quantitative estimate of drug-likeness (QED) is 0.681. The Morgan fingerprint density at radius 2 is 1.65 bits per heavy atom. The third-order valence-corrected chi connectivity index (χ3v) is 2.21. The zero-order valence-electron chi connectivity index (χ0n) is 10.5. The van der Waals surface area contributed by atoms with Crippen LogP contribution in [-0.2, 0) is 4.79 Å². The molecule has 0 fully saturated rings. The average Bonchev–Trinajstić information content (AvgIpc) is 3.12. The number of aliphatic hydroxyl groups excluding tert-OH is 1. The molecule has 1 atom stereocenters. The van der Waals surface area contributed by atoms with Crippen molar-refractivity contribution >= 4 is 12.0 Å². The molecule has 0 spiro atoms. The first-order valence-corrected chi connectivity index (χ1v) is 5.66. The lowest BCUT2D eigenvalue weighted by Gasteiger charge is -2.00. The first kappa shape index (κ1) is 15.5. The van der Waals surface area contributed by atoms with Crippen molar-refractivity contribution in [2.45, 2.75) is 12.5 Å². The Morgan fingerprint density at radius 3 is 1.90 bits per heavy atom. The van der Waals surface area contributed by atoms with E-state index < -0.39 is 12.0 Å². The van der Waals surface area contributed by atoms with Gasteiger partial charge in [-0.1, -0.05) is 0 Å². The first-order chi connectivity index (χ1) is 9.56. The molecule has 9 heteroatoms. The monoisotopic (exact) mass is 281 g/mol. The molecule has 0 aliphatic heterocycles. The van der Waals surface area contributed by atoms with Crippen LogP contribution in [0.4, 0.5) is 4.79 Å². The molecule has 2 heterocycles. The summed E-state index contributed by atoms with van der Waals surface area (Å²) in [6.45, 7) is -0.173. The molecule has 2 aromatic heterocycles. The Hall–Kier alpha value is -2.52. The van der Waals surface area contributed by atoms with Gasteiger partial charge in [-0.15, -0.1) is 0 Å². The lowest BCUT2D eigenvalue weighted by atomic mass is 10.2. The van der Waals surface area contributed by atoms with Crippen LogP contribution in [0.5, 0.6) is 0 Å². The van der Waals surface area contributed by atoms with Gasteiger partial charge in [-0.05, 0) is 6.42 Å². The number of rotatable bonds is 3. The van der Waals surface area contributed by atoms with Crippen molar-refractivity contribution in [1.82, 2.24) is 19.1 Å². The van der Waals surface area contributed by atoms with Crippen LogP contribution in [0, 0.1) is 0 Å². The number of aliphatic hydroxyl groups is 1. The Balaban J connectivity index is 0.000000221. The minimum Gasteiger partial charge on any atom is -0.480 e. The smallest absolute Gasteiger partial charge is 0.338 e. The van der Waals surface area contributed by atoms with Crippen LogP contribution in [0.3, 0.4) is 0 Å². The fourth-order valence-corrected chi connectivity index (χ4v) is 1.14. The van der Waals surface area contributed by atoms with Crippen LogP contribution >= 0.6 is 0 Å².